The first-order valence-corrected chi connectivity index (χ1v) is 4.15. The minimum atomic E-state index is -2.41. The Hall–Kier alpha value is -2.11. The molecular formula is C9H11N5O. The summed E-state index contributed by atoms with van der Waals surface area (Å²) in [5.41, 5.74) is 6.56. The number of aryl methyl sites for hydroxylation is 1. The molecule has 2 rings (SSSR count). The van der Waals surface area contributed by atoms with Crippen molar-refractivity contribution >= 4 is 5.82 Å². The van der Waals surface area contributed by atoms with Gasteiger partial charge in [-0.15, -0.1) is 0 Å². The molecule has 0 aliphatic rings. The van der Waals surface area contributed by atoms with Gasteiger partial charge in [-0.1, -0.05) is 0 Å². The highest BCUT2D eigenvalue weighted by molar-refractivity contribution is 5.71. The highest BCUT2D eigenvalue weighted by Gasteiger charge is 2.12. The van der Waals surface area contributed by atoms with E-state index in [1.54, 1.807) is 6.07 Å². The second-order valence-corrected chi connectivity index (χ2v) is 2.80. The Labute approximate surface area is 90.9 Å². The number of ether oxygens (including phenoxy) is 1. The van der Waals surface area contributed by atoms with Gasteiger partial charge in [0.2, 0.25) is 0 Å². The zero-order valence-corrected chi connectivity index (χ0v) is 8.01. The summed E-state index contributed by atoms with van der Waals surface area (Å²) in [6.07, 6.45) is 2.82. The number of aromatic nitrogens is 4. The Balaban J connectivity index is 2.50. The van der Waals surface area contributed by atoms with Crippen LogP contribution in [0.15, 0.2) is 18.5 Å². The van der Waals surface area contributed by atoms with Gasteiger partial charge in [0.25, 0.3) is 0 Å². The molecule has 2 aromatic rings. The smallest absolute Gasteiger partial charge is 0.170 e. The van der Waals surface area contributed by atoms with Crippen molar-refractivity contribution in [1.82, 2.24) is 20.0 Å². The molecule has 0 spiro atoms. The van der Waals surface area contributed by atoms with Gasteiger partial charge in [-0.25, -0.2) is 4.98 Å². The van der Waals surface area contributed by atoms with E-state index in [1.807, 2.05) is 0 Å². The van der Waals surface area contributed by atoms with E-state index in [0.29, 0.717) is 21.8 Å². The van der Waals surface area contributed by atoms with Gasteiger partial charge < -0.3 is 10.5 Å². The van der Waals surface area contributed by atoms with Gasteiger partial charge in [0.1, 0.15) is 5.69 Å². The number of hydrogen-bond acceptors (Lipinski definition) is 5. The normalized spacial score (nSPS) is 14.1. The maximum atomic E-state index is 7.19. The summed E-state index contributed by atoms with van der Waals surface area (Å²) in [6, 6.07) is 1.63. The summed E-state index contributed by atoms with van der Waals surface area (Å²) < 4.78 is 26.7. The predicted molar refractivity (Wildman–Crippen MR) is 55.2 cm³/mol. The fourth-order valence-corrected chi connectivity index (χ4v) is 1.27. The minimum absolute atomic E-state index is 0.207. The number of rotatable bonds is 2. The van der Waals surface area contributed by atoms with Gasteiger partial charge in [0.05, 0.1) is 18.9 Å². The maximum absolute atomic E-state index is 7.19. The first-order valence-electron chi connectivity index (χ1n) is 5.65. The Morgan fingerprint density at radius 1 is 1.60 bits per heavy atom. The van der Waals surface area contributed by atoms with Gasteiger partial charge in [-0.05, 0) is 6.07 Å². The van der Waals surface area contributed by atoms with Crippen LogP contribution in [-0.2, 0) is 6.98 Å². The average Bonchev–Trinajstić information content (AvgIpc) is 2.77. The Morgan fingerprint density at radius 3 is 3.13 bits per heavy atom. The lowest BCUT2D eigenvalue weighted by Gasteiger charge is -2.06. The number of hydrogen-bond donors (Lipinski definition) is 1. The van der Waals surface area contributed by atoms with Crippen molar-refractivity contribution in [2.24, 2.45) is 6.98 Å². The van der Waals surface area contributed by atoms with Crippen LogP contribution in [0.1, 0.15) is 4.11 Å². The molecule has 0 radical (unpaired) electrons. The maximum Gasteiger partial charge on any atom is 0.170 e. The number of nitrogens with zero attached hydrogens (tertiary/aromatic N) is 4. The molecule has 0 fully saturated rings. The molecule has 2 heterocycles. The number of pyridine rings is 1. The van der Waals surface area contributed by atoms with E-state index in [2.05, 4.69) is 15.2 Å². The third kappa shape index (κ3) is 1.61. The van der Waals surface area contributed by atoms with Crippen LogP contribution < -0.4 is 10.5 Å². The van der Waals surface area contributed by atoms with Crippen molar-refractivity contribution in [1.29, 1.82) is 0 Å². The monoisotopic (exact) mass is 208 g/mol. The van der Waals surface area contributed by atoms with Gasteiger partial charge in [-0.2, -0.15) is 15.0 Å². The van der Waals surface area contributed by atoms with Crippen molar-refractivity contribution in [3.8, 4) is 17.0 Å². The lowest BCUT2D eigenvalue weighted by atomic mass is 10.2. The number of methoxy groups -OCH3 is 1. The van der Waals surface area contributed by atoms with Crippen LogP contribution in [0.4, 0.5) is 5.82 Å². The van der Waals surface area contributed by atoms with Crippen LogP contribution in [0, 0.1) is 0 Å². The van der Waals surface area contributed by atoms with Crippen molar-refractivity contribution in [3.63, 3.8) is 0 Å². The summed E-state index contributed by atoms with van der Waals surface area (Å²) in [6.45, 7) is -2.41. The van der Waals surface area contributed by atoms with Crippen molar-refractivity contribution in [2.45, 2.75) is 0 Å². The third-order valence-corrected chi connectivity index (χ3v) is 1.90. The molecule has 0 amide bonds. The molecule has 0 atom stereocenters. The van der Waals surface area contributed by atoms with Crippen LogP contribution >= 0.6 is 0 Å². The summed E-state index contributed by atoms with van der Waals surface area (Å²) in [7, 11) is 1.45. The van der Waals surface area contributed by atoms with Gasteiger partial charge in [0.15, 0.2) is 11.6 Å². The van der Waals surface area contributed by atoms with E-state index in [4.69, 9.17) is 14.6 Å². The molecule has 0 saturated heterocycles. The number of nitrogen functional groups attached to an aromatic ring is 1. The Kier molecular flexibility index (Phi) is 1.52. The highest BCUT2D eigenvalue weighted by Crippen LogP contribution is 2.31. The van der Waals surface area contributed by atoms with Crippen LogP contribution in [0.5, 0.6) is 5.75 Å². The molecule has 2 N–H and O–H groups in total. The summed E-state index contributed by atoms with van der Waals surface area (Å²) in [5, 5.41) is 7.58. The van der Waals surface area contributed by atoms with E-state index < -0.39 is 6.98 Å². The molecular weight excluding hydrogens is 194 g/mol. The molecule has 0 saturated carbocycles. The third-order valence-electron chi connectivity index (χ3n) is 1.90. The zero-order chi connectivity index (χ0) is 13.3. The summed E-state index contributed by atoms with van der Waals surface area (Å²) >= 11 is 0. The van der Waals surface area contributed by atoms with Crippen molar-refractivity contribution in [3.05, 3.63) is 18.5 Å². The molecule has 15 heavy (non-hydrogen) atoms. The molecule has 0 aliphatic carbocycles. The second-order valence-electron chi connectivity index (χ2n) is 2.80. The van der Waals surface area contributed by atoms with Gasteiger partial charge in [-0.3, -0.25) is 0 Å². The zero-order valence-electron chi connectivity index (χ0n) is 11.0. The first-order chi connectivity index (χ1) is 8.43. The molecule has 6 heteroatoms. The number of anilines is 1. The van der Waals surface area contributed by atoms with Crippen molar-refractivity contribution in [2.75, 3.05) is 12.8 Å². The Morgan fingerprint density at radius 2 is 2.47 bits per heavy atom. The molecule has 0 unspecified atom stereocenters. The first kappa shape index (κ1) is 6.39. The average molecular weight is 208 g/mol. The predicted octanol–water partition coefficient (Wildman–Crippen LogP) is 0.468. The fourth-order valence-electron chi connectivity index (χ4n) is 1.27. The summed E-state index contributed by atoms with van der Waals surface area (Å²) in [4.78, 5) is 4.54. The van der Waals surface area contributed by atoms with E-state index in [0.717, 1.165) is 0 Å². The standard InChI is InChI=1S/C9H11N5O/c1-14-12-5-7(13-14)6-3-4-11-9(10)8(6)15-2/h3-5H,1-2H3,(H2,10,11)/i1D3. The molecule has 78 valence electrons. The minimum Gasteiger partial charge on any atom is -0.492 e. The highest BCUT2D eigenvalue weighted by atomic mass is 16.5. The second kappa shape index (κ2) is 3.56. The molecule has 6 nitrogen and oxygen atoms in total. The quantitative estimate of drug-likeness (QED) is 0.776. The van der Waals surface area contributed by atoms with Gasteiger partial charge in [0, 0.05) is 17.3 Å². The molecule has 0 bridgehead atoms. The fraction of sp³-hybridized carbons (Fsp3) is 0.222. The van der Waals surface area contributed by atoms with Crippen LogP contribution in [0.3, 0.4) is 0 Å². The lowest BCUT2D eigenvalue weighted by Crippen LogP contribution is -1.98. The molecule has 0 aromatic carbocycles. The summed E-state index contributed by atoms with van der Waals surface area (Å²) in [5.74, 6) is 0.550. The topological polar surface area (TPSA) is 78.9 Å². The van der Waals surface area contributed by atoms with Crippen LogP contribution in [-0.4, -0.2) is 27.1 Å². The largest absolute Gasteiger partial charge is 0.492 e. The van der Waals surface area contributed by atoms with Crippen LogP contribution in [0.25, 0.3) is 11.3 Å². The van der Waals surface area contributed by atoms with Crippen molar-refractivity contribution < 1.29 is 8.85 Å². The van der Waals surface area contributed by atoms with E-state index in [9.17, 15) is 0 Å². The SMILES string of the molecule is [2H]C([2H])([2H])n1ncc(-c2ccnc(N)c2OC)n1. The van der Waals surface area contributed by atoms with Crippen LogP contribution in [0.2, 0.25) is 0 Å². The van der Waals surface area contributed by atoms with Gasteiger partial charge >= 0.3 is 0 Å². The van der Waals surface area contributed by atoms with E-state index in [-0.39, 0.29) is 5.82 Å². The Bertz CT molecular complexity index is 566. The van der Waals surface area contributed by atoms with E-state index >= 15 is 0 Å². The van der Waals surface area contributed by atoms with E-state index in [1.165, 1.54) is 19.5 Å². The number of nitrogens with two attached hydrogens (primary N) is 1. The lowest BCUT2D eigenvalue weighted by molar-refractivity contribution is 0.417. The molecule has 2 aromatic heterocycles. The molecule has 0 aliphatic heterocycles.